The van der Waals surface area contributed by atoms with E-state index in [2.05, 4.69) is 42.4 Å². The largest absolute Gasteiger partial charge is 0.313 e. The fourth-order valence-corrected chi connectivity index (χ4v) is 2.33. The first-order chi connectivity index (χ1) is 8.36. The van der Waals surface area contributed by atoms with E-state index in [-0.39, 0.29) is 0 Å². The molecule has 0 saturated heterocycles. The molecule has 0 fully saturated rings. The molecule has 1 nitrogen and oxygen atoms in total. The first kappa shape index (κ1) is 14.2. The SMILES string of the molecule is C#CCCCSc1ccc(CNCCC)cc1. The molecule has 0 aliphatic carbocycles. The summed E-state index contributed by atoms with van der Waals surface area (Å²) in [6, 6.07) is 8.80. The number of nitrogens with one attached hydrogen (secondary N) is 1. The van der Waals surface area contributed by atoms with Crippen LogP contribution in [0.3, 0.4) is 0 Å². The molecule has 0 aliphatic rings. The Labute approximate surface area is 109 Å². The maximum atomic E-state index is 5.22. The molecular formula is C15H21NS. The van der Waals surface area contributed by atoms with Crippen LogP contribution in [-0.4, -0.2) is 12.3 Å². The van der Waals surface area contributed by atoms with Gasteiger partial charge < -0.3 is 5.32 Å². The predicted molar refractivity (Wildman–Crippen MR) is 77.2 cm³/mol. The van der Waals surface area contributed by atoms with E-state index in [9.17, 15) is 0 Å². The maximum Gasteiger partial charge on any atom is 0.0205 e. The highest BCUT2D eigenvalue weighted by Crippen LogP contribution is 2.19. The molecule has 2 heteroatoms. The molecule has 0 heterocycles. The lowest BCUT2D eigenvalue weighted by molar-refractivity contribution is 0.675. The summed E-state index contributed by atoms with van der Waals surface area (Å²) < 4.78 is 0. The number of benzene rings is 1. The van der Waals surface area contributed by atoms with E-state index in [0.717, 1.165) is 31.7 Å². The van der Waals surface area contributed by atoms with Crippen molar-refractivity contribution in [2.75, 3.05) is 12.3 Å². The zero-order chi connectivity index (χ0) is 12.3. The van der Waals surface area contributed by atoms with E-state index in [1.807, 2.05) is 11.8 Å². The molecule has 0 spiro atoms. The third-order valence-electron chi connectivity index (χ3n) is 2.41. The van der Waals surface area contributed by atoms with E-state index < -0.39 is 0 Å². The number of thioether (sulfide) groups is 1. The van der Waals surface area contributed by atoms with Gasteiger partial charge in [0.15, 0.2) is 0 Å². The van der Waals surface area contributed by atoms with Gasteiger partial charge in [-0.3, -0.25) is 0 Å². The molecule has 0 atom stereocenters. The minimum atomic E-state index is 0.881. The van der Waals surface area contributed by atoms with Gasteiger partial charge in [-0.25, -0.2) is 0 Å². The smallest absolute Gasteiger partial charge is 0.0205 e. The van der Waals surface area contributed by atoms with Crippen LogP contribution in [0, 0.1) is 12.3 Å². The molecule has 0 aromatic heterocycles. The average Bonchev–Trinajstić information content (AvgIpc) is 2.37. The zero-order valence-electron chi connectivity index (χ0n) is 10.5. The highest BCUT2D eigenvalue weighted by molar-refractivity contribution is 7.99. The van der Waals surface area contributed by atoms with Gasteiger partial charge in [0.2, 0.25) is 0 Å². The van der Waals surface area contributed by atoms with Crippen LogP contribution in [0.5, 0.6) is 0 Å². The van der Waals surface area contributed by atoms with Crippen LogP contribution < -0.4 is 5.32 Å². The Morgan fingerprint density at radius 1 is 1.29 bits per heavy atom. The molecule has 1 N–H and O–H groups in total. The van der Waals surface area contributed by atoms with Crippen molar-refractivity contribution in [3.63, 3.8) is 0 Å². The normalized spacial score (nSPS) is 10.1. The molecule has 17 heavy (non-hydrogen) atoms. The van der Waals surface area contributed by atoms with Gasteiger partial charge in [0.1, 0.15) is 0 Å². The number of unbranched alkanes of at least 4 members (excludes halogenated alkanes) is 1. The third-order valence-corrected chi connectivity index (χ3v) is 3.51. The van der Waals surface area contributed by atoms with Crippen LogP contribution in [0.1, 0.15) is 31.7 Å². The second-order valence-electron chi connectivity index (χ2n) is 3.98. The lowest BCUT2D eigenvalue weighted by Crippen LogP contribution is -2.13. The minimum Gasteiger partial charge on any atom is -0.313 e. The summed E-state index contributed by atoms with van der Waals surface area (Å²) in [6.45, 7) is 4.24. The fraction of sp³-hybridized carbons (Fsp3) is 0.467. The van der Waals surface area contributed by atoms with Gasteiger partial charge in [-0.05, 0) is 42.8 Å². The molecular weight excluding hydrogens is 226 g/mol. The van der Waals surface area contributed by atoms with Crippen LogP contribution in [0.2, 0.25) is 0 Å². The Balaban J connectivity index is 2.27. The predicted octanol–water partition coefficient (Wildman–Crippen LogP) is 3.69. The van der Waals surface area contributed by atoms with Crippen molar-refractivity contribution in [2.24, 2.45) is 0 Å². The second kappa shape index (κ2) is 9.15. The van der Waals surface area contributed by atoms with Crippen molar-refractivity contribution < 1.29 is 0 Å². The Kier molecular flexibility index (Phi) is 7.62. The summed E-state index contributed by atoms with van der Waals surface area (Å²) in [4.78, 5) is 1.33. The van der Waals surface area contributed by atoms with Crippen molar-refractivity contribution in [2.45, 2.75) is 37.6 Å². The van der Waals surface area contributed by atoms with E-state index in [1.165, 1.54) is 16.9 Å². The summed E-state index contributed by atoms with van der Waals surface area (Å²) in [5.74, 6) is 3.78. The van der Waals surface area contributed by atoms with Gasteiger partial charge in [-0.1, -0.05) is 19.1 Å². The quantitative estimate of drug-likeness (QED) is 0.427. The second-order valence-corrected chi connectivity index (χ2v) is 5.15. The first-order valence-corrected chi connectivity index (χ1v) is 7.21. The van der Waals surface area contributed by atoms with E-state index >= 15 is 0 Å². The monoisotopic (exact) mass is 247 g/mol. The van der Waals surface area contributed by atoms with Gasteiger partial charge in [0, 0.05) is 17.9 Å². The molecule has 0 saturated carbocycles. The Morgan fingerprint density at radius 2 is 2.06 bits per heavy atom. The van der Waals surface area contributed by atoms with Crippen LogP contribution >= 0.6 is 11.8 Å². The topological polar surface area (TPSA) is 12.0 Å². The molecule has 1 aromatic carbocycles. The first-order valence-electron chi connectivity index (χ1n) is 6.22. The van der Waals surface area contributed by atoms with Crippen LogP contribution in [0.4, 0.5) is 0 Å². The molecule has 0 aliphatic heterocycles. The van der Waals surface area contributed by atoms with Crippen LogP contribution in [0.15, 0.2) is 29.2 Å². The lowest BCUT2D eigenvalue weighted by atomic mass is 10.2. The Bertz CT molecular complexity index is 337. The van der Waals surface area contributed by atoms with Crippen molar-refractivity contribution in [1.82, 2.24) is 5.32 Å². The Morgan fingerprint density at radius 3 is 2.71 bits per heavy atom. The van der Waals surface area contributed by atoms with Gasteiger partial charge in [-0.2, -0.15) is 0 Å². The van der Waals surface area contributed by atoms with Crippen LogP contribution in [-0.2, 0) is 6.54 Å². The van der Waals surface area contributed by atoms with Crippen molar-refractivity contribution in [3.05, 3.63) is 29.8 Å². The molecule has 0 amide bonds. The summed E-state index contributed by atoms with van der Waals surface area (Å²) >= 11 is 1.88. The zero-order valence-corrected chi connectivity index (χ0v) is 11.4. The molecule has 1 rings (SSSR count). The standard InChI is InChI=1S/C15H21NS/c1-3-5-6-12-17-15-9-7-14(8-10-15)13-16-11-4-2/h1,7-10,16H,4-6,11-13H2,2H3. The van der Waals surface area contributed by atoms with E-state index in [1.54, 1.807) is 0 Å². The molecule has 1 aromatic rings. The maximum absolute atomic E-state index is 5.22. The molecule has 0 unspecified atom stereocenters. The highest BCUT2D eigenvalue weighted by atomic mass is 32.2. The van der Waals surface area contributed by atoms with E-state index in [4.69, 9.17) is 6.42 Å². The average molecular weight is 247 g/mol. The number of hydrogen-bond acceptors (Lipinski definition) is 2. The van der Waals surface area contributed by atoms with Crippen molar-refractivity contribution in [3.8, 4) is 12.3 Å². The number of rotatable bonds is 8. The lowest BCUT2D eigenvalue weighted by Gasteiger charge is -2.05. The van der Waals surface area contributed by atoms with Gasteiger partial charge in [-0.15, -0.1) is 24.1 Å². The van der Waals surface area contributed by atoms with Gasteiger partial charge in [0.25, 0.3) is 0 Å². The molecule has 0 radical (unpaired) electrons. The summed E-state index contributed by atoms with van der Waals surface area (Å²) in [7, 11) is 0. The summed E-state index contributed by atoms with van der Waals surface area (Å²) in [5, 5.41) is 3.40. The minimum absolute atomic E-state index is 0.881. The third kappa shape index (κ3) is 6.41. The van der Waals surface area contributed by atoms with Crippen LogP contribution in [0.25, 0.3) is 0 Å². The highest BCUT2D eigenvalue weighted by Gasteiger charge is 1.95. The molecule has 0 bridgehead atoms. The number of terminal acetylenes is 1. The van der Waals surface area contributed by atoms with Crippen molar-refractivity contribution >= 4 is 11.8 Å². The fourth-order valence-electron chi connectivity index (χ4n) is 1.48. The Hall–Kier alpha value is -0.910. The van der Waals surface area contributed by atoms with Gasteiger partial charge in [0.05, 0.1) is 0 Å². The summed E-state index contributed by atoms with van der Waals surface area (Å²) in [6.07, 6.45) is 8.38. The van der Waals surface area contributed by atoms with Crippen molar-refractivity contribution in [1.29, 1.82) is 0 Å². The molecule has 92 valence electrons. The number of hydrogen-bond donors (Lipinski definition) is 1. The van der Waals surface area contributed by atoms with Gasteiger partial charge >= 0.3 is 0 Å². The van der Waals surface area contributed by atoms with E-state index in [0.29, 0.717) is 0 Å². The summed E-state index contributed by atoms with van der Waals surface area (Å²) in [5.41, 5.74) is 1.35.